The zero-order chi connectivity index (χ0) is 20.1. The molecule has 0 saturated carbocycles. The minimum atomic E-state index is -0.581. The Kier molecular flexibility index (Phi) is 6.45. The van der Waals surface area contributed by atoms with Gasteiger partial charge in [0.25, 0.3) is 5.91 Å². The van der Waals surface area contributed by atoms with E-state index in [2.05, 4.69) is 10.2 Å². The first-order valence-electron chi connectivity index (χ1n) is 10.8. The Morgan fingerprint density at radius 1 is 1.17 bits per heavy atom. The molecule has 7 nitrogen and oxygen atoms in total. The van der Waals surface area contributed by atoms with Gasteiger partial charge in [-0.15, -0.1) is 0 Å². The average Bonchev–Trinajstić information content (AvgIpc) is 3.21. The highest BCUT2D eigenvalue weighted by atomic mass is 16.7. The van der Waals surface area contributed by atoms with E-state index in [0.717, 1.165) is 32.6 Å². The molecule has 0 aliphatic carbocycles. The normalized spacial score (nSPS) is 22.1. The summed E-state index contributed by atoms with van der Waals surface area (Å²) in [5.74, 6) is 1.87. The maximum atomic E-state index is 12.7. The number of ether oxygens (including phenoxy) is 4. The summed E-state index contributed by atoms with van der Waals surface area (Å²) >= 11 is 0. The van der Waals surface area contributed by atoms with E-state index in [4.69, 9.17) is 18.9 Å². The fraction of sp³-hybridized carbons (Fsp3) is 0.682. The lowest BCUT2D eigenvalue weighted by Crippen LogP contribution is -2.51. The first-order valence-corrected chi connectivity index (χ1v) is 10.8. The van der Waals surface area contributed by atoms with Crippen LogP contribution in [-0.4, -0.2) is 63.1 Å². The molecule has 0 radical (unpaired) electrons. The van der Waals surface area contributed by atoms with Gasteiger partial charge in [0.1, 0.15) is 5.75 Å². The molecule has 1 atom stereocenters. The molecule has 3 aliphatic rings. The third-order valence-corrected chi connectivity index (χ3v) is 6.22. The van der Waals surface area contributed by atoms with Crippen LogP contribution in [0.5, 0.6) is 17.2 Å². The van der Waals surface area contributed by atoms with Crippen LogP contribution in [0.4, 0.5) is 0 Å². The topological polar surface area (TPSA) is 69.3 Å². The molecule has 0 spiro atoms. The minimum Gasteiger partial charge on any atom is -0.481 e. The Morgan fingerprint density at radius 2 is 1.93 bits per heavy atom. The zero-order valence-electron chi connectivity index (χ0n) is 17.3. The molecular formula is C22H32N2O5. The number of hydrogen-bond donors (Lipinski definition) is 1. The highest BCUT2D eigenvalue weighted by Crippen LogP contribution is 2.35. The first kappa shape index (κ1) is 20.3. The predicted octanol–water partition coefficient (Wildman–Crippen LogP) is 2.58. The van der Waals surface area contributed by atoms with E-state index in [-0.39, 0.29) is 18.1 Å². The molecule has 1 aromatic rings. The second-order valence-electron chi connectivity index (χ2n) is 8.44. The van der Waals surface area contributed by atoms with Crippen molar-refractivity contribution in [3.05, 3.63) is 18.2 Å². The molecule has 0 aromatic heterocycles. The number of nitrogens with zero attached hydrogens (tertiary/aromatic N) is 1. The third-order valence-electron chi connectivity index (χ3n) is 6.22. The molecule has 1 unspecified atom stereocenters. The van der Waals surface area contributed by atoms with Crippen molar-refractivity contribution in [1.29, 1.82) is 0 Å². The molecule has 7 heteroatoms. The smallest absolute Gasteiger partial charge is 0.260 e. The Bertz CT molecular complexity index is 698. The molecular weight excluding hydrogens is 372 g/mol. The summed E-state index contributed by atoms with van der Waals surface area (Å²) in [5, 5.41) is 3.15. The molecule has 0 bridgehead atoms. The summed E-state index contributed by atoms with van der Waals surface area (Å²) in [4.78, 5) is 15.3. The van der Waals surface area contributed by atoms with Gasteiger partial charge in [0.15, 0.2) is 17.6 Å². The van der Waals surface area contributed by atoms with Crippen molar-refractivity contribution in [2.45, 2.75) is 45.1 Å². The number of nitrogens with one attached hydrogen (secondary N) is 1. The third kappa shape index (κ3) is 5.14. The van der Waals surface area contributed by atoms with Crippen LogP contribution in [0.15, 0.2) is 18.2 Å². The molecule has 3 aliphatic heterocycles. The maximum absolute atomic E-state index is 12.7. The van der Waals surface area contributed by atoms with Crippen LogP contribution in [0.3, 0.4) is 0 Å². The highest BCUT2D eigenvalue weighted by Gasteiger charge is 2.35. The Hall–Kier alpha value is -1.99. The Labute approximate surface area is 172 Å². The van der Waals surface area contributed by atoms with E-state index in [0.29, 0.717) is 23.8 Å². The molecule has 3 heterocycles. The summed E-state index contributed by atoms with van der Waals surface area (Å²) in [6.45, 7) is 7.58. The van der Waals surface area contributed by atoms with Crippen LogP contribution in [0.25, 0.3) is 0 Å². The minimum absolute atomic E-state index is 0.0870. The van der Waals surface area contributed by atoms with Gasteiger partial charge in [-0.05, 0) is 57.8 Å². The fourth-order valence-corrected chi connectivity index (χ4v) is 4.41. The number of carbonyl (C=O) groups excluding carboxylic acids is 1. The SMILES string of the molecule is CC(Oc1ccc2c(c1)OCO2)C(=O)NCC1(CN2CCCCC2)CCOCC1. The van der Waals surface area contributed by atoms with E-state index in [1.54, 1.807) is 25.1 Å². The lowest BCUT2D eigenvalue weighted by Gasteiger charge is -2.42. The number of fused-ring (bicyclic) bond motifs is 1. The monoisotopic (exact) mass is 404 g/mol. The van der Waals surface area contributed by atoms with Gasteiger partial charge in [0.05, 0.1) is 0 Å². The maximum Gasteiger partial charge on any atom is 0.260 e. The van der Waals surface area contributed by atoms with Crippen LogP contribution in [-0.2, 0) is 9.53 Å². The quantitative estimate of drug-likeness (QED) is 0.753. The molecule has 160 valence electrons. The van der Waals surface area contributed by atoms with Crippen LogP contribution in [0.1, 0.15) is 39.0 Å². The predicted molar refractivity (Wildman–Crippen MR) is 108 cm³/mol. The lowest BCUT2D eigenvalue weighted by molar-refractivity contribution is -0.128. The van der Waals surface area contributed by atoms with Crippen molar-refractivity contribution >= 4 is 5.91 Å². The van der Waals surface area contributed by atoms with E-state index in [1.807, 2.05) is 0 Å². The molecule has 2 saturated heterocycles. The molecule has 2 fully saturated rings. The summed E-state index contributed by atoms with van der Waals surface area (Å²) in [5.41, 5.74) is 0.0870. The number of hydrogen-bond acceptors (Lipinski definition) is 6. The largest absolute Gasteiger partial charge is 0.481 e. The van der Waals surface area contributed by atoms with Gasteiger partial charge >= 0.3 is 0 Å². The molecule has 1 amide bonds. The van der Waals surface area contributed by atoms with Crippen LogP contribution >= 0.6 is 0 Å². The van der Waals surface area contributed by atoms with Gasteiger partial charge in [-0.2, -0.15) is 0 Å². The van der Waals surface area contributed by atoms with Crippen molar-refractivity contribution in [3.8, 4) is 17.2 Å². The van der Waals surface area contributed by atoms with Crippen molar-refractivity contribution in [3.63, 3.8) is 0 Å². The van der Waals surface area contributed by atoms with Gasteiger partial charge in [-0.25, -0.2) is 0 Å². The van der Waals surface area contributed by atoms with E-state index in [1.165, 1.54) is 32.4 Å². The summed E-state index contributed by atoms with van der Waals surface area (Å²) < 4.78 is 22.1. The Morgan fingerprint density at radius 3 is 2.72 bits per heavy atom. The number of likely N-dealkylation sites (tertiary alicyclic amines) is 1. The summed E-state index contributed by atoms with van der Waals surface area (Å²) in [6, 6.07) is 5.37. The zero-order valence-corrected chi connectivity index (χ0v) is 17.3. The van der Waals surface area contributed by atoms with Crippen molar-refractivity contribution < 1.29 is 23.7 Å². The first-order chi connectivity index (χ1) is 14.1. The standard InChI is InChI=1S/C22H32N2O5/c1-17(29-18-5-6-19-20(13-18)28-16-27-19)21(25)23-14-22(7-11-26-12-8-22)15-24-9-3-2-4-10-24/h5-6,13,17H,2-4,7-12,14-16H2,1H3,(H,23,25). The van der Waals surface area contributed by atoms with E-state index >= 15 is 0 Å². The van der Waals surface area contributed by atoms with Crippen LogP contribution in [0, 0.1) is 5.41 Å². The average molecular weight is 405 g/mol. The second kappa shape index (κ2) is 9.22. The highest BCUT2D eigenvalue weighted by molar-refractivity contribution is 5.80. The Balaban J connectivity index is 1.32. The van der Waals surface area contributed by atoms with Gasteiger partial charge < -0.3 is 29.2 Å². The molecule has 4 rings (SSSR count). The van der Waals surface area contributed by atoms with Crippen LogP contribution < -0.4 is 19.5 Å². The molecule has 1 N–H and O–H groups in total. The van der Waals surface area contributed by atoms with Gasteiger partial charge in [-0.3, -0.25) is 4.79 Å². The van der Waals surface area contributed by atoms with Crippen LogP contribution in [0.2, 0.25) is 0 Å². The van der Waals surface area contributed by atoms with Gasteiger partial charge in [0, 0.05) is 37.8 Å². The summed E-state index contributed by atoms with van der Waals surface area (Å²) in [6.07, 6.45) is 5.28. The summed E-state index contributed by atoms with van der Waals surface area (Å²) in [7, 11) is 0. The van der Waals surface area contributed by atoms with E-state index in [9.17, 15) is 4.79 Å². The van der Waals surface area contributed by atoms with Crippen molar-refractivity contribution in [2.75, 3.05) is 46.2 Å². The number of amides is 1. The number of rotatable bonds is 7. The lowest BCUT2D eigenvalue weighted by atomic mass is 9.79. The molecule has 1 aromatic carbocycles. The van der Waals surface area contributed by atoms with E-state index < -0.39 is 6.10 Å². The number of benzene rings is 1. The number of piperidine rings is 1. The fourth-order valence-electron chi connectivity index (χ4n) is 4.41. The molecule has 29 heavy (non-hydrogen) atoms. The van der Waals surface area contributed by atoms with Crippen molar-refractivity contribution in [1.82, 2.24) is 10.2 Å². The van der Waals surface area contributed by atoms with Crippen molar-refractivity contribution in [2.24, 2.45) is 5.41 Å². The number of carbonyl (C=O) groups is 1. The van der Waals surface area contributed by atoms with Gasteiger partial charge in [-0.1, -0.05) is 6.42 Å². The van der Waals surface area contributed by atoms with Gasteiger partial charge in [0.2, 0.25) is 6.79 Å². The second-order valence-corrected chi connectivity index (χ2v) is 8.44.